The molecular weight excluding hydrogens is 268 g/mol. The van der Waals surface area contributed by atoms with Crippen LogP contribution in [0, 0.1) is 5.41 Å². The van der Waals surface area contributed by atoms with Crippen molar-refractivity contribution in [3.63, 3.8) is 0 Å². The molecule has 0 aliphatic carbocycles. The zero-order valence-corrected chi connectivity index (χ0v) is 13.5. The third-order valence-corrected chi connectivity index (χ3v) is 6.69. The van der Waals surface area contributed by atoms with Crippen LogP contribution in [0.25, 0.3) is 0 Å². The van der Waals surface area contributed by atoms with E-state index < -0.39 is 10.0 Å². The van der Waals surface area contributed by atoms with Gasteiger partial charge in [0.15, 0.2) is 0 Å². The molecule has 1 atom stereocenters. The van der Waals surface area contributed by atoms with E-state index in [1.165, 1.54) is 16.1 Å². The van der Waals surface area contributed by atoms with Gasteiger partial charge < -0.3 is 5.32 Å². The number of sulfonamides is 1. The zero-order valence-electron chi connectivity index (χ0n) is 11.9. The molecule has 1 N–H and O–H groups in total. The van der Waals surface area contributed by atoms with Crippen LogP contribution in [0.2, 0.25) is 0 Å². The molecule has 0 aromatic heterocycles. The van der Waals surface area contributed by atoms with Crippen LogP contribution in [-0.4, -0.2) is 45.2 Å². The molecule has 0 bridgehead atoms. The summed E-state index contributed by atoms with van der Waals surface area (Å²) in [6.07, 6.45) is 2.67. The molecule has 0 radical (unpaired) electrons. The van der Waals surface area contributed by atoms with Crippen LogP contribution in [0.3, 0.4) is 0 Å². The van der Waals surface area contributed by atoms with Crippen molar-refractivity contribution in [1.82, 2.24) is 9.62 Å². The topological polar surface area (TPSA) is 49.4 Å². The third kappa shape index (κ3) is 3.73. The molecule has 0 amide bonds. The fourth-order valence-electron chi connectivity index (χ4n) is 1.88. The van der Waals surface area contributed by atoms with Crippen LogP contribution in [0.5, 0.6) is 0 Å². The molecule has 106 valence electrons. The van der Waals surface area contributed by atoms with Crippen LogP contribution in [0.1, 0.15) is 27.2 Å². The largest absolute Gasteiger partial charge is 0.315 e. The highest BCUT2D eigenvalue weighted by Gasteiger charge is 2.31. The van der Waals surface area contributed by atoms with Gasteiger partial charge in [0.2, 0.25) is 10.0 Å². The van der Waals surface area contributed by atoms with E-state index in [0.717, 1.165) is 12.2 Å². The molecule has 0 saturated carbocycles. The highest BCUT2D eigenvalue weighted by atomic mass is 32.3. The maximum Gasteiger partial charge on any atom is 0.248 e. The van der Waals surface area contributed by atoms with Gasteiger partial charge in [-0.05, 0) is 18.9 Å². The average molecular weight is 292 g/mol. The van der Waals surface area contributed by atoms with Gasteiger partial charge in [0, 0.05) is 25.4 Å². The summed E-state index contributed by atoms with van der Waals surface area (Å²) in [4.78, 5) is 0. The summed E-state index contributed by atoms with van der Waals surface area (Å²) in [5.74, 6) is 0.872. The second kappa shape index (κ2) is 5.94. The average Bonchev–Trinajstić information content (AvgIpc) is 2.77. The van der Waals surface area contributed by atoms with Gasteiger partial charge in [0.1, 0.15) is 4.24 Å². The second-order valence-electron chi connectivity index (χ2n) is 5.65. The van der Waals surface area contributed by atoms with Crippen LogP contribution >= 0.6 is 11.8 Å². The van der Waals surface area contributed by atoms with E-state index >= 15 is 0 Å². The lowest BCUT2D eigenvalue weighted by molar-refractivity contribution is 0.247. The molecule has 0 aromatic rings. The number of hydrogen-bond donors (Lipinski definition) is 1. The Hall–Kier alpha value is -0.0400. The van der Waals surface area contributed by atoms with Gasteiger partial charge in [-0.1, -0.05) is 26.8 Å². The molecule has 0 fully saturated rings. The molecule has 0 saturated heterocycles. The standard InChI is InChI=1S/C12H24N2O2S2/c1-12(2,3)10(13-4)9-14(5)18(15,16)11-7-6-8-17-11/h7,10,13H,6,8-9H2,1-5H3/t10-/m1/s1. The number of nitrogens with one attached hydrogen (secondary N) is 1. The third-order valence-electron chi connectivity index (χ3n) is 3.17. The minimum absolute atomic E-state index is 0.0235. The van der Waals surface area contributed by atoms with Gasteiger partial charge >= 0.3 is 0 Å². The number of thioether (sulfide) groups is 1. The maximum absolute atomic E-state index is 12.3. The first kappa shape index (κ1) is 16.0. The summed E-state index contributed by atoms with van der Waals surface area (Å²) in [7, 11) is 0.246. The second-order valence-corrected chi connectivity index (χ2v) is 9.06. The van der Waals surface area contributed by atoms with E-state index in [2.05, 4.69) is 26.1 Å². The van der Waals surface area contributed by atoms with Crippen molar-refractivity contribution < 1.29 is 8.42 Å². The fraction of sp³-hybridized carbons (Fsp3) is 0.833. The van der Waals surface area contributed by atoms with Crippen molar-refractivity contribution in [2.24, 2.45) is 5.41 Å². The first-order chi connectivity index (χ1) is 8.19. The van der Waals surface area contributed by atoms with E-state index in [9.17, 15) is 8.42 Å². The molecule has 1 aliphatic rings. The Balaban J connectivity index is 2.78. The normalized spacial score (nSPS) is 19.1. The Morgan fingerprint density at radius 2 is 2.11 bits per heavy atom. The van der Waals surface area contributed by atoms with Gasteiger partial charge in [-0.15, -0.1) is 11.8 Å². The van der Waals surface area contributed by atoms with Crippen LogP contribution < -0.4 is 5.32 Å². The summed E-state index contributed by atoms with van der Waals surface area (Å²) in [5, 5.41) is 3.20. The van der Waals surface area contributed by atoms with Gasteiger partial charge in [-0.2, -0.15) is 4.31 Å². The summed E-state index contributed by atoms with van der Waals surface area (Å²) >= 11 is 1.43. The van der Waals surface area contributed by atoms with Crippen LogP contribution in [0.15, 0.2) is 10.3 Å². The smallest absolute Gasteiger partial charge is 0.248 e. The zero-order chi connectivity index (χ0) is 14.0. The summed E-state index contributed by atoms with van der Waals surface area (Å²) in [6.45, 7) is 6.81. The summed E-state index contributed by atoms with van der Waals surface area (Å²) < 4.78 is 26.6. The van der Waals surface area contributed by atoms with Crippen molar-refractivity contribution in [3.8, 4) is 0 Å². The Morgan fingerprint density at radius 3 is 2.50 bits per heavy atom. The number of nitrogens with zero attached hydrogens (tertiary/aromatic N) is 1. The van der Waals surface area contributed by atoms with Crippen molar-refractivity contribution in [3.05, 3.63) is 10.3 Å². The lowest BCUT2D eigenvalue weighted by atomic mass is 9.87. The molecular formula is C12H24N2O2S2. The fourth-order valence-corrected chi connectivity index (χ4v) is 4.76. The van der Waals surface area contributed by atoms with Gasteiger partial charge in [0.25, 0.3) is 0 Å². The number of hydrogen-bond acceptors (Lipinski definition) is 4. The monoisotopic (exact) mass is 292 g/mol. The number of allylic oxidation sites excluding steroid dienone is 1. The maximum atomic E-state index is 12.3. The lowest BCUT2D eigenvalue weighted by Gasteiger charge is -2.33. The quantitative estimate of drug-likeness (QED) is 0.840. The lowest BCUT2D eigenvalue weighted by Crippen LogP contribution is -2.47. The Labute approximate surface area is 115 Å². The predicted molar refractivity (Wildman–Crippen MR) is 79.0 cm³/mol. The Kier molecular flexibility index (Phi) is 5.29. The SMILES string of the molecule is CN[C@H](CN(C)S(=O)(=O)C1=CCCS1)C(C)(C)C. The van der Waals surface area contributed by atoms with Crippen molar-refractivity contribution >= 4 is 21.8 Å². The van der Waals surface area contributed by atoms with Crippen molar-refractivity contribution in [1.29, 1.82) is 0 Å². The molecule has 1 rings (SSSR count). The number of likely N-dealkylation sites (N-methyl/N-ethyl adjacent to an activating group) is 2. The molecule has 6 heteroatoms. The molecule has 1 aliphatic heterocycles. The molecule has 4 nitrogen and oxygen atoms in total. The number of rotatable bonds is 5. The van der Waals surface area contributed by atoms with Crippen molar-refractivity contribution in [2.75, 3.05) is 26.4 Å². The van der Waals surface area contributed by atoms with E-state index in [1.54, 1.807) is 7.05 Å². The molecule has 1 heterocycles. The summed E-state index contributed by atoms with van der Waals surface area (Å²) in [5.41, 5.74) is 0.0235. The van der Waals surface area contributed by atoms with Gasteiger partial charge in [-0.3, -0.25) is 0 Å². The molecule has 18 heavy (non-hydrogen) atoms. The van der Waals surface area contributed by atoms with Gasteiger partial charge in [0.05, 0.1) is 0 Å². The Morgan fingerprint density at radius 1 is 1.50 bits per heavy atom. The first-order valence-corrected chi connectivity index (χ1v) is 8.58. The molecule has 0 unspecified atom stereocenters. The van der Waals surface area contributed by atoms with E-state index in [1.807, 2.05) is 13.1 Å². The summed E-state index contributed by atoms with van der Waals surface area (Å²) in [6, 6.07) is 0.129. The minimum Gasteiger partial charge on any atom is -0.315 e. The molecule has 0 spiro atoms. The van der Waals surface area contributed by atoms with E-state index in [0.29, 0.717) is 10.8 Å². The Bertz CT molecular complexity index is 410. The van der Waals surface area contributed by atoms with E-state index in [-0.39, 0.29) is 11.5 Å². The van der Waals surface area contributed by atoms with Crippen molar-refractivity contribution in [2.45, 2.75) is 33.2 Å². The van der Waals surface area contributed by atoms with E-state index in [4.69, 9.17) is 0 Å². The van der Waals surface area contributed by atoms with Gasteiger partial charge in [-0.25, -0.2) is 8.42 Å². The minimum atomic E-state index is -3.29. The van der Waals surface area contributed by atoms with Crippen LogP contribution in [-0.2, 0) is 10.0 Å². The first-order valence-electron chi connectivity index (χ1n) is 6.16. The highest BCUT2D eigenvalue weighted by molar-refractivity contribution is 8.18. The highest BCUT2D eigenvalue weighted by Crippen LogP contribution is 2.32. The van der Waals surface area contributed by atoms with Crippen LogP contribution in [0.4, 0.5) is 0 Å². The molecule has 0 aromatic carbocycles. The predicted octanol–water partition coefficient (Wildman–Crippen LogP) is 1.86.